The van der Waals surface area contributed by atoms with E-state index >= 15 is 0 Å². The predicted molar refractivity (Wildman–Crippen MR) is 96.7 cm³/mol. The third-order valence-electron chi connectivity index (χ3n) is 4.57. The lowest BCUT2D eigenvalue weighted by molar-refractivity contribution is -0.138. The second kappa shape index (κ2) is 7.06. The van der Waals surface area contributed by atoms with Crippen LogP contribution in [0.1, 0.15) is 34.3 Å². The number of aryl methyl sites for hydroxylation is 1. The minimum absolute atomic E-state index is 0.0161. The van der Waals surface area contributed by atoms with E-state index in [-0.39, 0.29) is 28.6 Å². The summed E-state index contributed by atoms with van der Waals surface area (Å²) < 4.78 is 39.2. The molecule has 142 valence electrons. The quantitative estimate of drug-likeness (QED) is 0.845. The van der Waals surface area contributed by atoms with Crippen LogP contribution < -0.4 is 10.2 Å². The number of alkyl halides is 3. The summed E-state index contributed by atoms with van der Waals surface area (Å²) in [7, 11) is 1.60. The molecule has 1 aliphatic rings. The third kappa shape index (κ3) is 4.13. The first-order chi connectivity index (χ1) is 12.7. The number of nitrogens with one attached hydrogen (secondary N) is 1. The van der Waals surface area contributed by atoms with Gasteiger partial charge < -0.3 is 10.2 Å². The van der Waals surface area contributed by atoms with Crippen molar-refractivity contribution in [1.29, 1.82) is 0 Å². The van der Waals surface area contributed by atoms with Gasteiger partial charge in [0.1, 0.15) is 0 Å². The molecule has 0 saturated heterocycles. The van der Waals surface area contributed by atoms with E-state index in [0.29, 0.717) is 5.69 Å². The van der Waals surface area contributed by atoms with Gasteiger partial charge in [-0.2, -0.15) is 13.2 Å². The van der Waals surface area contributed by atoms with Crippen LogP contribution in [0.2, 0.25) is 0 Å². The van der Waals surface area contributed by atoms with Crippen molar-refractivity contribution in [3.8, 4) is 0 Å². The number of nitrogens with zero attached hydrogens (tertiary/aromatic N) is 1. The van der Waals surface area contributed by atoms with E-state index in [1.807, 2.05) is 0 Å². The molecule has 2 aromatic rings. The Morgan fingerprint density at radius 2 is 1.78 bits per heavy atom. The summed E-state index contributed by atoms with van der Waals surface area (Å²) in [5, 5.41) is 2.50. The molecule has 0 bridgehead atoms. The van der Waals surface area contributed by atoms with E-state index in [1.54, 1.807) is 31.3 Å². The molecule has 1 saturated carbocycles. The molecule has 0 atom stereocenters. The molecule has 0 unspecified atom stereocenters. The summed E-state index contributed by atoms with van der Waals surface area (Å²) in [6, 6.07) is 10.2. The van der Waals surface area contributed by atoms with Crippen LogP contribution >= 0.6 is 0 Å². The lowest BCUT2D eigenvalue weighted by atomic mass is 10.1. The Hall–Kier alpha value is -2.83. The van der Waals surface area contributed by atoms with Crippen molar-refractivity contribution in [2.75, 3.05) is 17.3 Å². The van der Waals surface area contributed by atoms with E-state index in [4.69, 9.17) is 0 Å². The van der Waals surface area contributed by atoms with Crippen molar-refractivity contribution in [1.82, 2.24) is 0 Å². The molecule has 0 aliphatic heterocycles. The molecule has 3 rings (SSSR count). The fraction of sp³-hybridized carbons (Fsp3) is 0.300. The van der Waals surface area contributed by atoms with Gasteiger partial charge in [0.05, 0.1) is 16.8 Å². The highest BCUT2D eigenvalue weighted by Gasteiger charge is 2.34. The molecule has 7 heteroatoms. The highest BCUT2D eigenvalue weighted by Crippen LogP contribution is 2.35. The first-order valence-corrected chi connectivity index (χ1v) is 8.54. The molecular formula is C20H19F3N2O2. The predicted octanol–water partition coefficient (Wildman–Crippen LogP) is 4.64. The zero-order valence-corrected chi connectivity index (χ0v) is 14.9. The molecule has 0 spiro atoms. The molecule has 1 aliphatic carbocycles. The van der Waals surface area contributed by atoms with Gasteiger partial charge in [-0.05, 0) is 49.6 Å². The maximum absolute atomic E-state index is 13.1. The number of para-hydroxylation sites is 1. The van der Waals surface area contributed by atoms with Crippen molar-refractivity contribution >= 4 is 23.2 Å². The smallest absolute Gasteiger partial charge is 0.322 e. The van der Waals surface area contributed by atoms with E-state index in [2.05, 4.69) is 5.32 Å². The van der Waals surface area contributed by atoms with Crippen molar-refractivity contribution in [3.05, 3.63) is 59.2 Å². The summed E-state index contributed by atoms with van der Waals surface area (Å²) in [6.07, 6.45) is -2.83. The number of rotatable bonds is 4. The van der Waals surface area contributed by atoms with Gasteiger partial charge >= 0.3 is 6.18 Å². The van der Waals surface area contributed by atoms with Gasteiger partial charge in [0.25, 0.3) is 5.91 Å². The second-order valence-corrected chi connectivity index (χ2v) is 6.67. The number of carbonyl (C=O) groups is 2. The van der Waals surface area contributed by atoms with E-state index < -0.39 is 17.6 Å². The molecule has 1 fully saturated rings. The van der Waals surface area contributed by atoms with Gasteiger partial charge in [0, 0.05) is 18.7 Å². The highest BCUT2D eigenvalue weighted by molar-refractivity contribution is 6.11. The van der Waals surface area contributed by atoms with Crippen LogP contribution in [0.25, 0.3) is 0 Å². The number of hydrogen-bond donors (Lipinski definition) is 1. The highest BCUT2D eigenvalue weighted by atomic mass is 19.4. The molecule has 0 heterocycles. The first-order valence-electron chi connectivity index (χ1n) is 8.54. The number of halogens is 3. The van der Waals surface area contributed by atoms with Crippen molar-refractivity contribution < 1.29 is 22.8 Å². The molecule has 2 amide bonds. The Kier molecular flexibility index (Phi) is 4.95. The molecule has 0 radical (unpaired) electrons. The number of amides is 2. The van der Waals surface area contributed by atoms with Gasteiger partial charge in [-0.25, -0.2) is 0 Å². The zero-order valence-electron chi connectivity index (χ0n) is 14.9. The minimum atomic E-state index is -4.50. The largest absolute Gasteiger partial charge is 0.416 e. The summed E-state index contributed by atoms with van der Waals surface area (Å²) in [5.41, 5.74) is -0.0210. The molecule has 0 aromatic heterocycles. The number of hydrogen-bond acceptors (Lipinski definition) is 2. The summed E-state index contributed by atoms with van der Waals surface area (Å²) in [4.78, 5) is 26.4. The molecular weight excluding hydrogens is 357 g/mol. The SMILES string of the molecule is Cc1ccc(NC(=O)c2ccccc2N(C)C(=O)C2CC2)cc1C(F)(F)F. The lowest BCUT2D eigenvalue weighted by Gasteiger charge is -2.20. The van der Waals surface area contributed by atoms with Crippen LogP contribution in [0.4, 0.5) is 24.5 Å². The van der Waals surface area contributed by atoms with Gasteiger partial charge in [0.2, 0.25) is 5.91 Å². The van der Waals surface area contributed by atoms with Crippen LogP contribution in [0.3, 0.4) is 0 Å². The summed E-state index contributed by atoms with van der Waals surface area (Å²) >= 11 is 0. The van der Waals surface area contributed by atoms with Gasteiger partial charge in [-0.3, -0.25) is 9.59 Å². The Balaban J connectivity index is 1.86. The van der Waals surface area contributed by atoms with Crippen molar-refractivity contribution in [2.45, 2.75) is 25.9 Å². The van der Waals surface area contributed by atoms with E-state index in [1.165, 1.54) is 24.0 Å². The summed E-state index contributed by atoms with van der Waals surface area (Å²) in [5.74, 6) is -0.652. The normalized spacial score (nSPS) is 14.0. The average Bonchev–Trinajstić information content (AvgIpc) is 3.46. The van der Waals surface area contributed by atoms with E-state index in [0.717, 1.165) is 18.9 Å². The average molecular weight is 376 g/mol. The lowest BCUT2D eigenvalue weighted by Crippen LogP contribution is -2.30. The zero-order chi connectivity index (χ0) is 19.8. The van der Waals surface area contributed by atoms with Crippen LogP contribution in [-0.4, -0.2) is 18.9 Å². The Morgan fingerprint density at radius 1 is 1.11 bits per heavy atom. The fourth-order valence-electron chi connectivity index (χ4n) is 2.88. The topological polar surface area (TPSA) is 49.4 Å². The van der Waals surface area contributed by atoms with Crippen LogP contribution in [0.5, 0.6) is 0 Å². The standard InChI is InChI=1S/C20H19F3N2O2/c1-12-7-10-14(11-16(12)20(21,22)23)24-18(26)15-5-3-4-6-17(15)25(2)19(27)13-8-9-13/h3-7,10-11,13H,8-9H2,1-2H3,(H,24,26). The van der Waals surface area contributed by atoms with Gasteiger partial charge in [-0.1, -0.05) is 18.2 Å². The Labute approximate surface area is 155 Å². The maximum atomic E-state index is 13.1. The summed E-state index contributed by atoms with van der Waals surface area (Å²) in [6.45, 7) is 1.36. The van der Waals surface area contributed by atoms with Crippen LogP contribution in [0, 0.1) is 12.8 Å². The second-order valence-electron chi connectivity index (χ2n) is 6.67. The number of anilines is 2. The van der Waals surface area contributed by atoms with Crippen molar-refractivity contribution in [3.63, 3.8) is 0 Å². The van der Waals surface area contributed by atoms with Crippen LogP contribution in [0.15, 0.2) is 42.5 Å². The third-order valence-corrected chi connectivity index (χ3v) is 4.57. The Bertz CT molecular complexity index is 889. The first kappa shape index (κ1) is 18.9. The fourth-order valence-corrected chi connectivity index (χ4v) is 2.88. The Morgan fingerprint density at radius 3 is 2.41 bits per heavy atom. The maximum Gasteiger partial charge on any atom is 0.416 e. The van der Waals surface area contributed by atoms with Crippen molar-refractivity contribution in [2.24, 2.45) is 5.92 Å². The molecule has 27 heavy (non-hydrogen) atoms. The minimum Gasteiger partial charge on any atom is -0.322 e. The monoisotopic (exact) mass is 376 g/mol. The van der Waals surface area contributed by atoms with E-state index in [9.17, 15) is 22.8 Å². The number of benzene rings is 2. The molecule has 1 N–H and O–H groups in total. The van der Waals surface area contributed by atoms with Gasteiger partial charge in [-0.15, -0.1) is 0 Å². The van der Waals surface area contributed by atoms with Gasteiger partial charge in [0.15, 0.2) is 0 Å². The van der Waals surface area contributed by atoms with Crippen LogP contribution in [-0.2, 0) is 11.0 Å². The molecule has 2 aromatic carbocycles. The number of carbonyl (C=O) groups excluding carboxylic acids is 2. The molecule has 4 nitrogen and oxygen atoms in total.